The van der Waals surface area contributed by atoms with Gasteiger partial charge < -0.3 is 11.1 Å². The molecule has 1 heterocycles. The second-order valence-electron chi connectivity index (χ2n) is 4.71. The van der Waals surface area contributed by atoms with Gasteiger partial charge in [-0.15, -0.1) is 0 Å². The first-order valence-corrected chi connectivity index (χ1v) is 6.48. The summed E-state index contributed by atoms with van der Waals surface area (Å²) >= 11 is 0. The van der Waals surface area contributed by atoms with Crippen LogP contribution in [0.15, 0.2) is 36.4 Å². The van der Waals surface area contributed by atoms with Gasteiger partial charge >= 0.3 is 0 Å². The molecule has 2 aromatic rings. The van der Waals surface area contributed by atoms with Gasteiger partial charge in [-0.3, -0.25) is 0 Å². The predicted molar refractivity (Wildman–Crippen MR) is 76.5 cm³/mol. The highest BCUT2D eigenvalue weighted by Crippen LogP contribution is 2.20. The van der Waals surface area contributed by atoms with Gasteiger partial charge in [0.2, 0.25) is 0 Å². The lowest BCUT2D eigenvalue weighted by atomic mass is 9.98. The van der Waals surface area contributed by atoms with Gasteiger partial charge in [0.1, 0.15) is 0 Å². The number of nitrogens with one attached hydrogen (secondary N) is 1. The first-order chi connectivity index (χ1) is 9.58. The molecule has 5 heteroatoms. The largest absolute Gasteiger partial charge is 0.381 e. The van der Waals surface area contributed by atoms with Crippen molar-refractivity contribution >= 4 is 11.6 Å². The maximum atomic E-state index is 13.5. The van der Waals surface area contributed by atoms with Crippen LogP contribution in [0.25, 0.3) is 0 Å². The minimum atomic E-state index is -0.842. The van der Waals surface area contributed by atoms with Crippen molar-refractivity contribution in [3.8, 4) is 0 Å². The molecule has 1 atom stereocenters. The standard InChI is InChI=1S/C15H17F2N3/c1-10(11-5-3-2-4-6-11)7-8-19-15-13(17)9-12(16)14(18)20-15/h2-6,9-10H,7-8H2,1H3,(H3,18,19,20). The first-order valence-electron chi connectivity index (χ1n) is 6.48. The van der Waals surface area contributed by atoms with Crippen LogP contribution in [0.5, 0.6) is 0 Å². The zero-order valence-electron chi connectivity index (χ0n) is 11.2. The van der Waals surface area contributed by atoms with Crippen molar-refractivity contribution in [2.45, 2.75) is 19.3 Å². The van der Waals surface area contributed by atoms with Crippen LogP contribution in [-0.2, 0) is 0 Å². The highest BCUT2D eigenvalue weighted by Gasteiger charge is 2.10. The average Bonchev–Trinajstić information content (AvgIpc) is 2.45. The van der Waals surface area contributed by atoms with Crippen molar-refractivity contribution in [2.24, 2.45) is 0 Å². The Morgan fingerprint density at radius 1 is 1.20 bits per heavy atom. The van der Waals surface area contributed by atoms with E-state index in [0.717, 1.165) is 12.5 Å². The lowest BCUT2D eigenvalue weighted by molar-refractivity contribution is 0.578. The summed E-state index contributed by atoms with van der Waals surface area (Å²) in [5, 5.41) is 2.85. The van der Waals surface area contributed by atoms with Crippen LogP contribution in [0.2, 0.25) is 0 Å². The fourth-order valence-electron chi connectivity index (χ4n) is 1.96. The second kappa shape index (κ2) is 6.32. The number of rotatable bonds is 5. The Bertz CT molecular complexity index is 573. The molecule has 0 aliphatic rings. The lowest BCUT2D eigenvalue weighted by Gasteiger charge is -2.13. The molecule has 1 aromatic carbocycles. The SMILES string of the molecule is CC(CCNc1nc(N)c(F)cc1F)c1ccccc1. The van der Waals surface area contributed by atoms with Crippen molar-refractivity contribution in [3.05, 3.63) is 53.6 Å². The van der Waals surface area contributed by atoms with Gasteiger partial charge in [-0.25, -0.2) is 13.8 Å². The van der Waals surface area contributed by atoms with E-state index in [-0.39, 0.29) is 11.6 Å². The van der Waals surface area contributed by atoms with Crippen LogP contribution in [0.4, 0.5) is 20.4 Å². The summed E-state index contributed by atoms with van der Waals surface area (Å²) in [5.74, 6) is -1.55. The summed E-state index contributed by atoms with van der Waals surface area (Å²) in [6.07, 6.45) is 0.808. The van der Waals surface area contributed by atoms with E-state index in [9.17, 15) is 8.78 Å². The smallest absolute Gasteiger partial charge is 0.168 e. The molecule has 3 N–H and O–H groups in total. The Hall–Kier alpha value is -2.17. The van der Waals surface area contributed by atoms with Crippen molar-refractivity contribution in [3.63, 3.8) is 0 Å². The molecule has 0 aliphatic heterocycles. The van der Waals surface area contributed by atoms with E-state index in [1.54, 1.807) is 0 Å². The molecule has 1 unspecified atom stereocenters. The number of anilines is 2. The number of nitrogens with two attached hydrogens (primary N) is 1. The van der Waals surface area contributed by atoms with E-state index in [0.29, 0.717) is 12.5 Å². The molecule has 3 nitrogen and oxygen atoms in total. The van der Waals surface area contributed by atoms with Gasteiger partial charge in [0.05, 0.1) is 0 Å². The molecular weight excluding hydrogens is 260 g/mol. The Morgan fingerprint density at radius 2 is 1.90 bits per heavy atom. The summed E-state index contributed by atoms with van der Waals surface area (Å²) in [6.45, 7) is 2.63. The molecule has 20 heavy (non-hydrogen) atoms. The number of aromatic nitrogens is 1. The lowest BCUT2D eigenvalue weighted by Crippen LogP contribution is -2.10. The molecule has 0 saturated heterocycles. The summed E-state index contributed by atoms with van der Waals surface area (Å²) in [7, 11) is 0. The van der Waals surface area contributed by atoms with Gasteiger partial charge in [0.15, 0.2) is 23.3 Å². The fraction of sp³-hybridized carbons (Fsp3) is 0.267. The molecular formula is C15H17F2N3. The molecule has 0 fully saturated rings. The number of hydrogen-bond donors (Lipinski definition) is 2. The number of hydrogen-bond acceptors (Lipinski definition) is 3. The molecule has 0 aliphatic carbocycles. The maximum absolute atomic E-state index is 13.5. The third-order valence-corrected chi connectivity index (χ3v) is 3.20. The molecule has 2 rings (SSSR count). The van der Waals surface area contributed by atoms with Gasteiger partial charge in [-0.1, -0.05) is 37.3 Å². The normalized spacial score (nSPS) is 12.2. The topological polar surface area (TPSA) is 50.9 Å². The van der Waals surface area contributed by atoms with E-state index < -0.39 is 11.6 Å². The number of nitrogen functional groups attached to an aromatic ring is 1. The molecule has 0 amide bonds. The zero-order valence-corrected chi connectivity index (χ0v) is 11.2. The van der Waals surface area contributed by atoms with Gasteiger partial charge in [0, 0.05) is 12.6 Å². The van der Waals surface area contributed by atoms with Gasteiger partial charge in [-0.05, 0) is 17.9 Å². The highest BCUT2D eigenvalue weighted by atomic mass is 19.1. The molecule has 1 aromatic heterocycles. The maximum Gasteiger partial charge on any atom is 0.168 e. The number of nitrogens with zero attached hydrogens (tertiary/aromatic N) is 1. The molecule has 106 valence electrons. The third-order valence-electron chi connectivity index (χ3n) is 3.20. The van der Waals surface area contributed by atoms with Crippen LogP contribution >= 0.6 is 0 Å². The Kier molecular flexibility index (Phi) is 4.50. The van der Waals surface area contributed by atoms with Crippen LogP contribution < -0.4 is 11.1 Å². The van der Waals surface area contributed by atoms with E-state index in [1.165, 1.54) is 5.56 Å². The van der Waals surface area contributed by atoms with E-state index in [1.807, 2.05) is 18.2 Å². The highest BCUT2D eigenvalue weighted by molar-refractivity contribution is 5.44. The quantitative estimate of drug-likeness (QED) is 0.878. The minimum Gasteiger partial charge on any atom is -0.381 e. The Morgan fingerprint density at radius 3 is 2.60 bits per heavy atom. The summed E-state index contributed by atoms with van der Waals surface area (Å²) in [5.41, 5.74) is 6.54. The number of benzene rings is 1. The van der Waals surface area contributed by atoms with Crippen molar-refractivity contribution in [1.29, 1.82) is 0 Å². The first kappa shape index (κ1) is 14.2. The van der Waals surface area contributed by atoms with Crippen LogP contribution in [0.1, 0.15) is 24.8 Å². The van der Waals surface area contributed by atoms with Crippen molar-refractivity contribution in [1.82, 2.24) is 4.98 Å². The molecule has 0 bridgehead atoms. The molecule has 0 spiro atoms. The monoisotopic (exact) mass is 277 g/mol. The van der Waals surface area contributed by atoms with Crippen LogP contribution in [0.3, 0.4) is 0 Å². The molecule has 0 radical (unpaired) electrons. The summed E-state index contributed by atoms with van der Waals surface area (Å²) in [6, 6.07) is 10.8. The fourth-order valence-corrected chi connectivity index (χ4v) is 1.96. The summed E-state index contributed by atoms with van der Waals surface area (Å²) in [4.78, 5) is 3.66. The van der Waals surface area contributed by atoms with Gasteiger partial charge in [0.25, 0.3) is 0 Å². The van der Waals surface area contributed by atoms with Crippen LogP contribution in [0, 0.1) is 11.6 Å². The summed E-state index contributed by atoms with van der Waals surface area (Å²) < 4.78 is 26.4. The zero-order chi connectivity index (χ0) is 14.5. The van der Waals surface area contributed by atoms with Crippen molar-refractivity contribution < 1.29 is 8.78 Å². The number of pyridine rings is 1. The molecule has 0 saturated carbocycles. The van der Waals surface area contributed by atoms with E-state index in [4.69, 9.17) is 5.73 Å². The Labute approximate surface area is 116 Å². The van der Waals surface area contributed by atoms with Crippen molar-refractivity contribution in [2.75, 3.05) is 17.6 Å². The third kappa shape index (κ3) is 3.44. The van der Waals surface area contributed by atoms with Crippen LogP contribution in [-0.4, -0.2) is 11.5 Å². The second-order valence-corrected chi connectivity index (χ2v) is 4.71. The van der Waals surface area contributed by atoms with E-state index >= 15 is 0 Å². The minimum absolute atomic E-state index is 0.0100. The number of halogens is 2. The van der Waals surface area contributed by atoms with Gasteiger partial charge in [-0.2, -0.15) is 0 Å². The van der Waals surface area contributed by atoms with E-state index in [2.05, 4.69) is 29.4 Å². The predicted octanol–water partition coefficient (Wildman–Crippen LogP) is 3.55. The average molecular weight is 277 g/mol. The Balaban J connectivity index is 1.92.